The van der Waals surface area contributed by atoms with Gasteiger partial charge in [0.15, 0.2) is 0 Å². The predicted octanol–water partition coefficient (Wildman–Crippen LogP) is 5.96. The molecule has 0 aliphatic heterocycles. The third-order valence-electron chi connectivity index (χ3n) is 10.2. The van der Waals surface area contributed by atoms with Crippen LogP contribution in [0.25, 0.3) is 0 Å². The highest BCUT2D eigenvalue weighted by atomic mass is 35.5. The van der Waals surface area contributed by atoms with Gasteiger partial charge in [-0.15, -0.1) is 0 Å². The van der Waals surface area contributed by atoms with Gasteiger partial charge in [-0.05, 0) is 103 Å². The number of halogens is 1. The first-order valence-corrected chi connectivity index (χ1v) is 18.1. The Labute approximate surface area is 272 Å². The van der Waals surface area contributed by atoms with Crippen LogP contribution in [0, 0.1) is 17.8 Å². The molecule has 0 radical (unpaired) electrons. The quantitative estimate of drug-likeness (QED) is 0.278. The molecule has 4 fully saturated rings. The molecular formula is C36H42ClN3O4S. The fraction of sp³-hybridized carbons (Fsp3) is 0.444. The van der Waals surface area contributed by atoms with Gasteiger partial charge in [-0.3, -0.25) is 13.9 Å². The lowest BCUT2D eigenvalue weighted by Crippen LogP contribution is -2.52. The summed E-state index contributed by atoms with van der Waals surface area (Å²) in [5.41, 5.74) is 3.54. The Balaban J connectivity index is 1.29. The van der Waals surface area contributed by atoms with E-state index < -0.39 is 28.5 Å². The number of likely N-dealkylation sites (N-methyl/N-ethyl adjacent to an activating group) is 1. The zero-order chi connectivity index (χ0) is 31.8. The van der Waals surface area contributed by atoms with Crippen LogP contribution in [0.3, 0.4) is 0 Å². The first-order chi connectivity index (χ1) is 21.5. The average molecular weight is 648 g/mol. The molecule has 7 rings (SSSR count). The van der Waals surface area contributed by atoms with E-state index in [1.807, 2.05) is 48.5 Å². The van der Waals surface area contributed by atoms with Crippen LogP contribution >= 0.6 is 11.6 Å². The summed E-state index contributed by atoms with van der Waals surface area (Å²) >= 11 is 6.27. The zero-order valence-corrected chi connectivity index (χ0v) is 27.6. The Morgan fingerprint density at radius 1 is 0.889 bits per heavy atom. The van der Waals surface area contributed by atoms with Crippen molar-refractivity contribution in [2.24, 2.45) is 17.8 Å². The van der Waals surface area contributed by atoms with Gasteiger partial charge in [-0.25, -0.2) is 8.42 Å². The van der Waals surface area contributed by atoms with E-state index in [0.29, 0.717) is 10.7 Å². The third-order valence-corrected chi connectivity index (χ3v) is 11.6. The standard InChI is InChI=1S/C36H42ClN3O4S/c1-38-35(42)33(19-25-7-4-3-5-8-25)39(23-26-9-6-10-31(37)18-26)34(41)24-40(45(2,43)44)32-13-11-30(12-14-32)36-20-27-15-28(21-36)17-29(16-27)22-36/h3-14,18,27-29,33H,15-17,19-24H2,1-2H3,(H,38,42)/t27?,28?,29?,33-,36?/m1/s1. The zero-order valence-electron chi connectivity index (χ0n) is 26.0. The molecule has 1 N–H and O–H groups in total. The number of nitrogens with one attached hydrogen (secondary N) is 1. The van der Waals surface area contributed by atoms with E-state index in [-0.39, 0.29) is 24.3 Å². The second-order valence-corrected chi connectivity index (χ2v) is 15.8. The highest BCUT2D eigenvalue weighted by Crippen LogP contribution is 2.60. The van der Waals surface area contributed by atoms with Crippen molar-refractivity contribution in [2.45, 2.75) is 62.9 Å². The number of rotatable bonds is 11. The number of benzene rings is 3. The van der Waals surface area contributed by atoms with Crippen LogP contribution in [0.2, 0.25) is 5.02 Å². The van der Waals surface area contributed by atoms with Crippen molar-refractivity contribution < 1.29 is 18.0 Å². The van der Waals surface area contributed by atoms with E-state index in [2.05, 4.69) is 17.4 Å². The summed E-state index contributed by atoms with van der Waals surface area (Å²) in [6.45, 7) is -0.342. The van der Waals surface area contributed by atoms with Gasteiger partial charge >= 0.3 is 0 Å². The molecule has 0 unspecified atom stereocenters. The van der Waals surface area contributed by atoms with Crippen molar-refractivity contribution in [3.63, 3.8) is 0 Å². The summed E-state index contributed by atoms with van der Waals surface area (Å²) < 4.78 is 27.6. The van der Waals surface area contributed by atoms with Crippen LogP contribution in [0.1, 0.15) is 55.2 Å². The van der Waals surface area contributed by atoms with Crippen molar-refractivity contribution in [3.05, 3.63) is 101 Å². The van der Waals surface area contributed by atoms with Crippen molar-refractivity contribution in [1.82, 2.24) is 10.2 Å². The molecule has 4 bridgehead atoms. The van der Waals surface area contributed by atoms with E-state index in [4.69, 9.17) is 11.6 Å². The van der Waals surface area contributed by atoms with Gasteiger partial charge in [0, 0.05) is 25.0 Å². The van der Waals surface area contributed by atoms with Gasteiger partial charge in [0.2, 0.25) is 21.8 Å². The number of carbonyl (C=O) groups excluding carboxylic acids is 2. The Morgan fingerprint density at radius 2 is 1.49 bits per heavy atom. The molecule has 1 atom stereocenters. The Kier molecular flexibility index (Phi) is 8.99. The molecule has 4 aliphatic rings. The number of anilines is 1. The summed E-state index contributed by atoms with van der Waals surface area (Å²) in [6, 6.07) is 23.6. The SMILES string of the molecule is CNC(=O)[C@@H](Cc1ccccc1)N(Cc1cccc(Cl)c1)C(=O)CN(c1ccc(C23CC4CC(CC(C4)C2)C3)cc1)S(C)(=O)=O. The van der Waals surface area contributed by atoms with Gasteiger partial charge in [-0.1, -0.05) is 66.2 Å². The lowest BCUT2D eigenvalue weighted by atomic mass is 9.48. The molecule has 4 saturated carbocycles. The van der Waals surface area contributed by atoms with Crippen LogP contribution in [0.15, 0.2) is 78.9 Å². The van der Waals surface area contributed by atoms with Gasteiger partial charge in [0.05, 0.1) is 11.9 Å². The predicted molar refractivity (Wildman–Crippen MR) is 178 cm³/mol. The van der Waals surface area contributed by atoms with Crippen LogP contribution < -0.4 is 9.62 Å². The monoisotopic (exact) mass is 647 g/mol. The fourth-order valence-electron chi connectivity index (χ4n) is 8.61. The maximum atomic E-state index is 14.2. The van der Waals surface area contributed by atoms with E-state index in [9.17, 15) is 18.0 Å². The Hall–Kier alpha value is -3.36. The normalized spacial score (nSPS) is 24.2. The maximum Gasteiger partial charge on any atom is 0.244 e. The molecule has 0 saturated heterocycles. The number of sulfonamides is 1. The van der Waals surface area contributed by atoms with Crippen LogP contribution in [-0.4, -0.2) is 51.0 Å². The van der Waals surface area contributed by atoms with Crippen LogP contribution in [0.5, 0.6) is 0 Å². The molecule has 0 heterocycles. The maximum absolute atomic E-state index is 14.2. The van der Waals surface area contributed by atoms with Crippen molar-refractivity contribution in [2.75, 3.05) is 24.2 Å². The van der Waals surface area contributed by atoms with Crippen LogP contribution in [0.4, 0.5) is 5.69 Å². The van der Waals surface area contributed by atoms with Crippen molar-refractivity contribution in [1.29, 1.82) is 0 Å². The molecule has 45 heavy (non-hydrogen) atoms. The minimum absolute atomic E-state index is 0.0902. The molecule has 0 aromatic heterocycles. The van der Waals surface area contributed by atoms with Crippen LogP contribution in [-0.2, 0) is 38.0 Å². The first kappa shape index (κ1) is 31.6. The summed E-state index contributed by atoms with van der Waals surface area (Å²) in [6.07, 6.45) is 9.10. The van der Waals surface area contributed by atoms with E-state index >= 15 is 0 Å². The Morgan fingerprint density at radius 3 is 2.04 bits per heavy atom. The summed E-state index contributed by atoms with van der Waals surface area (Å²) in [5, 5.41) is 3.21. The largest absolute Gasteiger partial charge is 0.357 e. The van der Waals surface area contributed by atoms with Crippen molar-refractivity contribution >= 4 is 39.1 Å². The van der Waals surface area contributed by atoms with E-state index in [1.165, 1.54) is 56.0 Å². The number of carbonyl (C=O) groups is 2. The third kappa shape index (κ3) is 6.92. The molecular weight excluding hydrogens is 606 g/mol. The first-order valence-electron chi connectivity index (χ1n) is 15.9. The summed E-state index contributed by atoms with van der Waals surface area (Å²) in [5.74, 6) is 1.59. The topological polar surface area (TPSA) is 86.8 Å². The molecule has 0 spiro atoms. The lowest BCUT2D eigenvalue weighted by Gasteiger charge is -2.57. The summed E-state index contributed by atoms with van der Waals surface area (Å²) in [4.78, 5) is 29.0. The summed E-state index contributed by atoms with van der Waals surface area (Å²) in [7, 11) is -2.29. The fourth-order valence-corrected chi connectivity index (χ4v) is 9.67. The molecule has 3 aromatic carbocycles. The molecule has 9 heteroatoms. The molecule has 238 valence electrons. The number of hydrogen-bond acceptors (Lipinski definition) is 4. The minimum atomic E-state index is -3.83. The average Bonchev–Trinajstić information content (AvgIpc) is 3.00. The number of amides is 2. The van der Waals surface area contributed by atoms with E-state index in [0.717, 1.165) is 39.4 Å². The second kappa shape index (κ2) is 12.8. The highest BCUT2D eigenvalue weighted by Gasteiger charge is 2.51. The molecule has 4 aliphatic carbocycles. The van der Waals surface area contributed by atoms with Gasteiger partial charge < -0.3 is 10.2 Å². The van der Waals surface area contributed by atoms with Crippen molar-refractivity contribution in [3.8, 4) is 0 Å². The smallest absolute Gasteiger partial charge is 0.244 e. The van der Waals surface area contributed by atoms with Gasteiger partial charge in [0.25, 0.3) is 0 Å². The minimum Gasteiger partial charge on any atom is -0.357 e. The van der Waals surface area contributed by atoms with Gasteiger partial charge in [0.1, 0.15) is 12.6 Å². The molecule has 7 nitrogen and oxygen atoms in total. The Bertz CT molecular complexity index is 1610. The molecule has 2 amide bonds. The second-order valence-electron chi connectivity index (χ2n) is 13.5. The lowest BCUT2D eigenvalue weighted by molar-refractivity contribution is -0.139. The number of nitrogens with zero attached hydrogens (tertiary/aromatic N) is 2. The van der Waals surface area contributed by atoms with E-state index in [1.54, 1.807) is 18.2 Å². The number of hydrogen-bond donors (Lipinski definition) is 1. The molecule has 3 aromatic rings. The van der Waals surface area contributed by atoms with Gasteiger partial charge in [-0.2, -0.15) is 0 Å². The highest BCUT2D eigenvalue weighted by molar-refractivity contribution is 7.92.